The van der Waals surface area contributed by atoms with Crippen LogP contribution in [0, 0.1) is 11.3 Å². The fourth-order valence-corrected chi connectivity index (χ4v) is 3.98. The number of nitrogens with one attached hydrogen (secondary N) is 1. The van der Waals surface area contributed by atoms with Gasteiger partial charge in [0.2, 0.25) is 5.91 Å². The Bertz CT molecular complexity index is 1260. The normalized spacial score (nSPS) is 17.4. The summed E-state index contributed by atoms with van der Waals surface area (Å²) < 4.78 is 27.5. The number of alkyl halides is 2. The molecule has 1 aliphatic rings. The second-order valence-electron chi connectivity index (χ2n) is 7.84. The first-order chi connectivity index (χ1) is 15.8. The number of amides is 2. The molecule has 2 amide bonds. The van der Waals surface area contributed by atoms with Crippen LogP contribution in [0.2, 0.25) is 5.02 Å². The lowest BCUT2D eigenvalue weighted by Gasteiger charge is -2.36. The Morgan fingerprint density at radius 3 is 2.64 bits per heavy atom. The van der Waals surface area contributed by atoms with Crippen molar-refractivity contribution in [2.45, 2.75) is 24.8 Å². The Balaban J connectivity index is 1.54. The van der Waals surface area contributed by atoms with Crippen LogP contribution >= 0.6 is 11.6 Å². The van der Waals surface area contributed by atoms with Crippen molar-refractivity contribution in [3.63, 3.8) is 0 Å². The van der Waals surface area contributed by atoms with E-state index in [-0.39, 0.29) is 6.42 Å². The van der Waals surface area contributed by atoms with Crippen LogP contribution in [0.5, 0.6) is 0 Å². The molecule has 1 atom stereocenters. The molecule has 1 N–H and O–H groups in total. The summed E-state index contributed by atoms with van der Waals surface area (Å²) in [5, 5.41) is 12.9. The number of carbonyl (C=O) groups excluding carboxylic acids is 2. The van der Waals surface area contributed by atoms with Gasteiger partial charge in [0.1, 0.15) is 6.04 Å². The number of rotatable bonds is 4. The third kappa shape index (κ3) is 4.94. The lowest BCUT2D eigenvalue weighted by molar-refractivity contribution is -0.143. The van der Waals surface area contributed by atoms with E-state index in [2.05, 4.69) is 10.3 Å². The Morgan fingerprint density at radius 2 is 1.91 bits per heavy atom. The number of piperidine rings is 1. The molecule has 2 aromatic carbocycles. The van der Waals surface area contributed by atoms with Gasteiger partial charge in [-0.05, 0) is 47.9 Å². The van der Waals surface area contributed by atoms with E-state index in [4.69, 9.17) is 11.6 Å². The number of benzene rings is 2. The van der Waals surface area contributed by atoms with Gasteiger partial charge in [-0.15, -0.1) is 0 Å². The van der Waals surface area contributed by atoms with Gasteiger partial charge in [0, 0.05) is 23.0 Å². The number of aromatic nitrogens is 1. The van der Waals surface area contributed by atoms with E-state index in [1.54, 1.807) is 18.2 Å². The second kappa shape index (κ2) is 9.12. The van der Waals surface area contributed by atoms with Crippen molar-refractivity contribution in [3.05, 3.63) is 65.3 Å². The molecule has 0 saturated carbocycles. The van der Waals surface area contributed by atoms with E-state index in [0.29, 0.717) is 21.5 Å². The van der Waals surface area contributed by atoms with Crippen LogP contribution in [-0.4, -0.2) is 46.8 Å². The Labute approximate surface area is 193 Å². The first-order valence-electron chi connectivity index (χ1n) is 10.3. The fraction of sp³-hybridized carbons (Fsp3) is 0.250. The minimum absolute atomic E-state index is 0.106. The van der Waals surface area contributed by atoms with Crippen molar-refractivity contribution in [1.82, 2.24) is 15.2 Å². The van der Waals surface area contributed by atoms with Crippen molar-refractivity contribution >= 4 is 34.3 Å². The molecule has 3 aromatic rings. The smallest absolute Gasteiger partial charge is 0.265 e. The van der Waals surface area contributed by atoms with Crippen molar-refractivity contribution in [3.8, 4) is 17.2 Å². The molecule has 33 heavy (non-hydrogen) atoms. The maximum absolute atomic E-state index is 13.8. The third-order valence-electron chi connectivity index (χ3n) is 5.59. The third-order valence-corrected chi connectivity index (χ3v) is 5.85. The molecule has 1 aromatic heterocycles. The molecule has 1 aliphatic heterocycles. The molecular weight excluding hydrogens is 450 g/mol. The number of nitrogens with zero attached hydrogens (tertiary/aromatic N) is 3. The monoisotopic (exact) mass is 468 g/mol. The van der Waals surface area contributed by atoms with Crippen molar-refractivity contribution in [2.24, 2.45) is 0 Å². The zero-order valence-corrected chi connectivity index (χ0v) is 18.1. The van der Waals surface area contributed by atoms with E-state index in [1.807, 2.05) is 30.3 Å². The lowest BCUT2D eigenvalue weighted by atomic mass is 10.00. The molecule has 4 rings (SSSR count). The highest BCUT2D eigenvalue weighted by molar-refractivity contribution is 6.30. The number of carbonyl (C=O) groups is 2. The lowest BCUT2D eigenvalue weighted by Crippen LogP contribution is -2.53. The summed E-state index contributed by atoms with van der Waals surface area (Å²) in [4.78, 5) is 30.5. The van der Waals surface area contributed by atoms with Gasteiger partial charge in [-0.25, -0.2) is 8.78 Å². The molecule has 2 heterocycles. The van der Waals surface area contributed by atoms with Crippen LogP contribution in [0.4, 0.5) is 8.78 Å². The fourth-order valence-electron chi connectivity index (χ4n) is 3.86. The van der Waals surface area contributed by atoms with E-state index < -0.39 is 43.3 Å². The van der Waals surface area contributed by atoms with Crippen LogP contribution in [0.15, 0.2) is 54.7 Å². The summed E-state index contributed by atoms with van der Waals surface area (Å²) in [5.74, 6) is -4.32. The largest absolute Gasteiger partial charge is 0.343 e. The maximum Gasteiger partial charge on any atom is 0.265 e. The maximum atomic E-state index is 13.8. The molecule has 0 spiro atoms. The number of nitriles is 1. The van der Waals surface area contributed by atoms with E-state index in [9.17, 15) is 23.6 Å². The number of likely N-dealkylation sites (tertiary alicyclic amines) is 1. The molecule has 0 radical (unpaired) electrons. The summed E-state index contributed by atoms with van der Waals surface area (Å²) in [5.41, 5.74) is 2.64. The molecule has 9 heteroatoms. The topological polar surface area (TPSA) is 86.1 Å². The number of fused-ring (bicyclic) bond motifs is 1. The number of hydrogen-bond donors (Lipinski definition) is 1. The van der Waals surface area contributed by atoms with E-state index >= 15 is 0 Å². The van der Waals surface area contributed by atoms with Crippen molar-refractivity contribution in [1.29, 1.82) is 5.26 Å². The van der Waals surface area contributed by atoms with Gasteiger partial charge in [-0.1, -0.05) is 29.8 Å². The summed E-state index contributed by atoms with van der Waals surface area (Å²) in [6.07, 6.45) is 0.934. The van der Waals surface area contributed by atoms with Crippen molar-refractivity contribution < 1.29 is 18.4 Å². The number of hydrogen-bond acceptors (Lipinski definition) is 4. The summed E-state index contributed by atoms with van der Waals surface area (Å²) in [6.45, 7) is -1.32. The molecule has 6 nitrogen and oxygen atoms in total. The van der Waals surface area contributed by atoms with Gasteiger partial charge in [0.15, 0.2) is 0 Å². The van der Waals surface area contributed by atoms with Crippen molar-refractivity contribution in [2.75, 3.05) is 13.1 Å². The van der Waals surface area contributed by atoms with Gasteiger partial charge in [0.05, 0.1) is 30.2 Å². The first kappa shape index (κ1) is 22.6. The summed E-state index contributed by atoms with van der Waals surface area (Å²) >= 11 is 5.96. The highest BCUT2D eigenvalue weighted by atomic mass is 35.5. The molecule has 168 valence electrons. The molecule has 0 bridgehead atoms. The predicted molar refractivity (Wildman–Crippen MR) is 120 cm³/mol. The highest BCUT2D eigenvalue weighted by Gasteiger charge is 2.42. The Morgan fingerprint density at radius 1 is 1.18 bits per heavy atom. The van der Waals surface area contributed by atoms with Gasteiger partial charge < -0.3 is 10.2 Å². The zero-order chi connectivity index (χ0) is 23.6. The standard InChI is InChI=1S/C24H19ClF2N4O2/c25-17-4-1-15(2-5-17)16-3-6-21-20(11-16)19(8-10-29-21)23(33)30-13-22(32)31-14-24(26,27)9-7-18(31)12-28/h1-6,8,10-11,18H,7,9,13-14H2,(H,30,33). The van der Waals surface area contributed by atoms with Crippen LogP contribution in [0.3, 0.4) is 0 Å². The van der Waals surface area contributed by atoms with Crippen LogP contribution in [0.25, 0.3) is 22.0 Å². The SMILES string of the molecule is N#CC1CCC(F)(F)CN1C(=O)CNC(=O)c1ccnc2ccc(-c3ccc(Cl)cc3)cc12. The molecular formula is C24H19ClF2N4O2. The van der Waals surface area contributed by atoms with Gasteiger partial charge in [0.25, 0.3) is 11.8 Å². The minimum atomic E-state index is -3.05. The van der Waals surface area contributed by atoms with Gasteiger partial charge >= 0.3 is 0 Å². The summed E-state index contributed by atoms with van der Waals surface area (Å²) in [6, 6.07) is 15.2. The van der Waals surface area contributed by atoms with Crippen LogP contribution in [0.1, 0.15) is 23.2 Å². The molecule has 1 fully saturated rings. The Kier molecular flexibility index (Phi) is 6.25. The van der Waals surface area contributed by atoms with Gasteiger partial charge in [-0.3, -0.25) is 14.6 Å². The average molecular weight is 469 g/mol. The Hall–Kier alpha value is -3.57. The van der Waals surface area contributed by atoms with Gasteiger partial charge in [-0.2, -0.15) is 5.26 Å². The highest BCUT2D eigenvalue weighted by Crippen LogP contribution is 2.30. The summed E-state index contributed by atoms with van der Waals surface area (Å²) in [7, 11) is 0. The number of halogens is 3. The first-order valence-corrected chi connectivity index (χ1v) is 10.6. The average Bonchev–Trinajstić information content (AvgIpc) is 2.81. The van der Waals surface area contributed by atoms with Crippen LogP contribution in [-0.2, 0) is 4.79 Å². The van der Waals surface area contributed by atoms with Crippen LogP contribution < -0.4 is 5.32 Å². The number of pyridine rings is 1. The molecule has 1 unspecified atom stereocenters. The van der Waals surface area contributed by atoms with E-state index in [1.165, 1.54) is 12.3 Å². The molecule has 0 aliphatic carbocycles. The minimum Gasteiger partial charge on any atom is -0.343 e. The molecule has 1 saturated heterocycles. The zero-order valence-electron chi connectivity index (χ0n) is 17.4. The second-order valence-corrected chi connectivity index (χ2v) is 8.28. The quantitative estimate of drug-likeness (QED) is 0.613. The predicted octanol–water partition coefficient (Wildman–Crippen LogP) is 4.43. The van der Waals surface area contributed by atoms with E-state index in [0.717, 1.165) is 16.0 Å².